The van der Waals surface area contributed by atoms with E-state index in [1.54, 1.807) is 13.8 Å². The van der Waals surface area contributed by atoms with Gasteiger partial charge in [-0.25, -0.2) is 0 Å². The molecule has 4 atom stereocenters. The molecule has 5 N–H and O–H groups in total. The van der Waals surface area contributed by atoms with E-state index in [-0.39, 0.29) is 25.0 Å². The number of carbonyl (C=O) groups is 1. The molecule has 0 aromatic carbocycles. The van der Waals surface area contributed by atoms with Crippen molar-refractivity contribution in [2.45, 2.75) is 45.3 Å². The van der Waals surface area contributed by atoms with Crippen LogP contribution in [0.25, 0.3) is 0 Å². The van der Waals surface area contributed by atoms with Gasteiger partial charge in [-0.2, -0.15) is 0 Å². The number of ether oxygens (including phenoxy) is 1. The quantitative estimate of drug-likeness (QED) is 0.330. The van der Waals surface area contributed by atoms with Crippen LogP contribution in [0.5, 0.6) is 0 Å². The van der Waals surface area contributed by atoms with Crippen molar-refractivity contribution < 1.29 is 30.0 Å². The topological polar surface area (TPSA) is 119 Å². The van der Waals surface area contributed by atoms with Gasteiger partial charge in [0.1, 0.15) is 12.1 Å². The zero-order valence-corrected chi connectivity index (χ0v) is 10.9. The molecule has 4 unspecified atom stereocenters. The Labute approximate surface area is 106 Å². The van der Waals surface area contributed by atoms with E-state index in [9.17, 15) is 20.1 Å². The van der Waals surface area contributed by atoms with E-state index in [4.69, 9.17) is 9.84 Å². The predicted octanol–water partition coefficient (Wildman–Crippen LogP) is -1.80. The first kappa shape index (κ1) is 17.3. The average molecular weight is 265 g/mol. The van der Waals surface area contributed by atoms with Crippen LogP contribution in [0.2, 0.25) is 0 Å². The first-order valence-electron chi connectivity index (χ1n) is 5.88. The van der Waals surface area contributed by atoms with E-state index in [0.717, 1.165) is 0 Å². The molecule has 0 aromatic rings. The molecule has 0 aliphatic rings. The second-order valence-electron chi connectivity index (χ2n) is 4.41. The maximum absolute atomic E-state index is 11.5. The molecule has 7 nitrogen and oxygen atoms in total. The summed E-state index contributed by atoms with van der Waals surface area (Å²) < 4.78 is 4.82. The summed E-state index contributed by atoms with van der Waals surface area (Å²) in [6, 6.07) is -1.16. The fraction of sp³-hybridized carbons (Fsp3) is 0.909. The number of carbonyl (C=O) groups excluding carboxylic acids is 1. The number of aliphatic hydroxyl groups excluding tert-OH is 4. The molecule has 0 aliphatic carbocycles. The minimum atomic E-state index is -1.51. The molecule has 0 heterocycles. The summed E-state index contributed by atoms with van der Waals surface area (Å²) >= 11 is 0. The summed E-state index contributed by atoms with van der Waals surface area (Å²) in [6.45, 7) is 4.20. The van der Waals surface area contributed by atoms with E-state index in [0.29, 0.717) is 0 Å². The maximum atomic E-state index is 11.5. The lowest BCUT2D eigenvalue weighted by molar-refractivity contribution is -0.162. The Bertz CT molecular complexity index is 246. The predicted molar refractivity (Wildman–Crippen MR) is 63.5 cm³/mol. The molecular formula is C11H23NO6. The zero-order valence-electron chi connectivity index (χ0n) is 10.9. The molecule has 0 radical (unpaired) electrons. The highest BCUT2D eigenvalue weighted by Crippen LogP contribution is 2.08. The molecule has 108 valence electrons. The number of aliphatic hydroxyl groups is 4. The minimum absolute atomic E-state index is 0.137. The number of rotatable bonds is 8. The lowest BCUT2D eigenvalue weighted by Gasteiger charge is -2.30. The van der Waals surface area contributed by atoms with Gasteiger partial charge in [0.05, 0.1) is 19.3 Å². The lowest BCUT2D eigenvalue weighted by Crippen LogP contribution is -2.56. The van der Waals surface area contributed by atoms with Crippen molar-refractivity contribution in [3.8, 4) is 0 Å². The molecule has 0 aromatic heterocycles. The van der Waals surface area contributed by atoms with Crippen LogP contribution in [0.15, 0.2) is 0 Å². The van der Waals surface area contributed by atoms with Gasteiger partial charge in [-0.05, 0) is 6.92 Å². The molecule has 1 amide bonds. The second kappa shape index (κ2) is 8.39. The molecule has 0 fully saturated rings. The Kier molecular flexibility index (Phi) is 8.05. The van der Waals surface area contributed by atoms with Gasteiger partial charge in [0.2, 0.25) is 5.91 Å². The smallest absolute Gasteiger partial charge is 0.223 e. The zero-order chi connectivity index (χ0) is 14.3. The number of hydrogen-bond acceptors (Lipinski definition) is 6. The van der Waals surface area contributed by atoms with E-state index < -0.39 is 24.5 Å². The van der Waals surface area contributed by atoms with Crippen LogP contribution in [0, 0.1) is 5.92 Å². The summed E-state index contributed by atoms with van der Waals surface area (Å²) in [5.74, 6) is -0.718. The van der Waals surface area contributed by atoms with Crippen molar-refractivity contribution in [3.63, 3.8) is 0 Å². The van der Waals surface area contributed by atoms with E-state index in [2.05, 4.69) is 5.32 Å². The first-order chi connectivity index (χ1) is 8.31. The maximum Gasteiger partial charge on any atom is 0.223 e. The largest absolute Gasteiger partial charge is 0.394 e. The third-order valence-corrected chi connectivity index (χ3v) is 2.38. The van der Waals surface area contributed by atoms with Gasteiger partial charge < -0.3 is 30.5 Å². The van der Waals surface area contributed by atoms with Gasteiger partial charge in [-0.15, -0.1) is 0 Å². The SMILES string of the molecule is CC(C)C(=O)NC(C(O)OCCO)C(O)C(C)O. The Morgan fingerprint density at radius 1 is 1.22 bits per heavy atom. The summed E-state index contributed by atoms with van der Waals surface area (Å²) in [5.41, 5.74) is 0. The van der Waals surface area contributed by atoms with Crippen molar-refractivity contribution in [2.75, 3.05) is 13.2 Å². The normalized spacial score (nSPS) is 18.2. The summed E-state index contributed by atoms with van der Waals surface area (Å²) in [4.78, 5) is 11.5. The van der Waals surface area contributed by atoms with Crippen molar-refractivity contribution in [1.82, 2.24) is 5.32 Å². The monoisotopic (exact) mass is 265 g/mol. The van der Waals surface area contributed by atoms with Crippen molar-refractivity contribution in [3.05, 3.63) is 0 Å². The third-order valence-electron chi connectivity index (χ3n) is 2.38. The van der Waals surface area contributed by atoms with Crippen molar-refractivity contribution >= 4 is 5.91 Å². The fourth-order valence-electron chi connectivity index (χ4n) is 1.23. The van der Waals surface area contributed by atoms with Crippen molar-refractivity contribution in [1.29, 1.82) is 0 Å². The molecule has 0 spiro atoms. The molecular weight excluding hydrogens is 242 g/mol. The van der Waals surface area contributed by atoms with Crippen LogP contribution in [0.1, 0.15) is 20.8 Å². The van der Waals surface area contributed by atoms with Gasteiger partial charge in [0.15, 0.2) is 6.29 Å². The number of nitrogens with one attached hydrogen (secondary N) is 1. The van der Waals surface area contributed by atoms with E-state index in [1.165, 1.54) is 6.92 Å². The van der Waals surface area contributed by atoms with Crippen LogP contribution < -0.4 is 5.32 Å². The van der Waals surface area contributed by atoms with E-state index >= 15 is 0 Å². The van der Waals surface area contributed by atoms with Crippen LogP contribution >= 0.6 is 0 Å². The van der Waals surface area contributed by atoms with Crippen LogP contribution in [0.4, 0.5) is 0 Å². The molecule has 0 rings (SSSR count). The Hall–Kier alpha value is -0.730. The number of hydrogen-bond donors (Lipinski definition) is 5. The molecule has 0 aliphatic heterocycles. The molecule has 7 heteroatoms. The van der Waals surface area contributed by atoms with Gasteiger partial charge in [0.25, 0.3) is 0 Å². The summed E-state index contributed by atoms with van der Waals surface area (Å²) in [5, 5.41) is 39.7. The standard InChI is InChI=1S/C11H23NO6/c1-6(2)10(16)12-8(9(15)7(3)14)11(17)18-5-4-13/h6-9,11,13-15,17H,4-5H2,1-3H3,(H,12,16). The average Bonchev–Trinajstić information content (AvgIpc) is 2.31. The Morgan fingerprint density at radius 3 is 2.17 bits per heavy atom. The Morgan fingerprint density at radius 2 is 1.78 bits per heavy atom. The van der Waals surface area contributed by atoms with Gasteiger partial charge >= 0.3 is 0 Å². The van der Waals surface area contributed by atoms with Crippen LogP contribution in [-0.2, 0) is 9.53 Å². The highest BCUT2D eigenvalue weighted by Gasteiger charge is 2.32. The van der Waals surface area contributed by atoms with Gasteiger partial charge in [-0.3, -0.25) is 4.79 Å². The highest BCUT2D eigenvalue weighted by molar-refractivity contribution is 5.78. The third kappa shape index (κ3) is 5.74. The first-order valence-corrected chi connectivity index (χ1v) is 5.88. The second-order valence-corrected chi connectivity index (χ2v) is 4.41. The molecule has 0 bridgehead atoms. The van der Waals surface area contributed by atoms with Gasteiger partial charge in [0, 0.05) is 5.92 Å². The highest BCUT2D eigenvalue weighted by atomic mass is 16.6. The lowest BCUT2D eigenvalue weighted by atomic mass is 10.0. The molecule has 18 heavy (non-hydrogen) atoms. The minimum Gasteiger partial charge on any atom is -0.394 e. The summed E-state index contributed by atoms with van der Waals surface area (Å²) in [6.07, 6.45) is -4.03. The number of amides is 1. The molecule has 0 saturated carbocycles. The van der Waals surface area contributed by atoms with Crippen LogP contribution in [-0.4, -0.2) is 64.1 Å². The molecule has 0 saturated heterocycles. The Balaban J connectivity index is 4.65. The van der Waals surface area contributed by atoms with Crippen molar-refractivity contribution in [2.24, 2.45) is 5.92 Å². The van der Waals surface area contributed by atoms with Gasteiger partial charge in [-0.1, -0.05) is 13.8 Å². The van der Waals surface area contributed by atoms with Crippen LogP contribution in [0.3, 0.4) is 0 Å². The van der Waals surface area contributed by atoms with E-state index in [1.807, 2.05) is 0 Å². The summed E-state index contributed by atoms with van der Waals surface area (Å²) in [7, 11) is 0. The fourth-order valence-corrected chi connectivity index (χ4v) is 1.23.